The number of sulfonamides is 1. The van der Waals surface area contributed by atoms with Crippen molar-refractivity contribution in [3.8, 4) is 0 Å². The van der Waals surface area contributed by atoms with Crippen LogP contribution in [0, 0.1) is 0 Å². The zero-order chi connectivity index (χ0) is 10.4. The Hall–Kier alpha value is -0.170. The van der Waals surface area contributed by atoms with Crippen molar-refractivity contribution in [3.05, 3.63) is 0 Å². The normalized spacial score (nSPS) is 23.6. The average Bonchev–Trinajstić information content (AvgIpc) is 2.16. The first-order chi connectivity index (χ1) is 6.64. The number of ether oxygens (including phenoxy) is 1. The maximum atomic E-state index is 11.5. The lowest BCUT2D eigenvalue weighted by atomic mass is 10.1. The summed E-state index contributed by atoms with van der Waals surface area (Å²) < 4.78 is 30.7. The second-order valence-corrected chi connectivity index (χ2v) is 5.33. The van der Waals surface area contributed by atoms with Gasteiger partial charge >= 0.3 is 0 Å². The number of rotatable bonds is 5. The molecule has 1 rings (SSSR count). The van der Waals surface area contributed by atoms with E-state index in [1.165, 1.54) is 0 Å². The third kappa shape index (κ3) is 4.36. The molecule has 1 aliphatic rings. The van der Waals surface area contributed by atoms with Crippen LogP contribution >= 0.6 is 0 Å². The van der Waals surface area contributed by atoms with E-state index in [0.29, 0.717) is 13.2 Å². The highest BCUT2D eigenvalue weighted by atomic mass is 32.2. The molecule has 1 fully saturated rings. The van der Waals surface area contributed by atoms with Gasteiger partial charge in [-0.1, -0.05) is 0 Å². The van der Waals surface area contributed by atoms with Gasteiger partial charge in [-0.05, 0) is 19.9 Å². The first-order valence-corrected chi connectivity index (χ1v) is 6.51. The molecule has 0 aromatic rings. The predicted octanol–water partition coefficient (Wildman–Crippen LogP) is -0.696. The molecular formula is C8H18N2O3S. The van der Waals surface area contributed by atoms with Crippen molar-refractivity contribution in [1.82, 2.24) is 10.0 Å². The molecule has 5 nitrogen and oxygen atoms in total. The Bertz CT molecular complexity index is 247. The highest BCUT2D eigenvalue weighted by molar-refractivity contribution is 7.89. The van der Waals surface area contributed by atoms with Gasteiger partial charge in [0, 0.05) is 19.2 Å². The Morgan fingerprint density at radius 3 is 2.86 bits per heavy atom. The predicted molar refractivity (Wildman–Crippen MR) is 54.7 cm³/mol. The van der Waals surface area contributed by atoms with Crippen LogP contribution in [0.25, 0.3) is 0 Å². The summed E-state index contributed by atoms with van der Waals surface area (Å²) in [5.74, 6) is 0.125. The minimum Gasteiger partial charge on any atom is -0.380 e. The summed E-state index contributed by atoms with van der Waals surface area (Å²) in [5, 5.41) is 2.81. The molecule has 2 N–H and O–H groups in total. The highest BCUT2D eigenvalue weighted by Crippen LogP contribution is 2.06. The van der Waals surface area contributed by atoms with Gasteiger partial charge in [-0.25, -0.2) is 13.1 Å². The molecule has 1 heterocycles. The summed E-state index contributed by atoms with van der Waals surface area (Å²) in [5.41, 5.74) is 0. The Labute approximate surface area is 85.3 Å². The molecule has 1 saturated heterocycles. The van der Waals surface area contributed by atoms with Gasteiger partial charge in [0.05, 0.1) is 12.4 Å². The maximum absolute atomic E-state index is 11.5. The van der Waals surface area contributed by atoms with Crippen molar-refractivity contribution in [2.24, 2.45) is 0 Å². The van der Waals surface area contributed by atoms with Gasteiger partial charge in [-0.15, -0.1) is 0 Å². The Morgan fingerprint density at radius 2 is 2.29 bits per heavy atom. The van der Waals surface area contributed by atoms with Gasteiger partial charge in [0.25, 0.3) is 0 Å². The molecule has 0 aromatic carbocycles. The second-order valence-electron chi connectivity index (χ2n) is 3.45. The lowest BCUT2D eigenvalue weighted by Crippen LogP contribution is -2.42. The topological polar surface area (TPSA) is 67.4 Å². The fourth-order valence-electron chi connectivity index (χ4n) is 1.38. The molecule has 0 saturated carbocycles. The van der Waals surface area contributed by atoms with Gasteiger partial charge in [0.1, 0.15) is 0 Å². The van der Waals surface area contributed by atoms with E-state index in [1.807, 2.05) is 0 Å². The van der Waals surface area contributed by atoms with Crippen LogP contribution in [0.4, 0.5) is 0 Å². The third-order valence-corrected chi connectivity index (χ3v) is 3.56. The van der Waals surface area contributed by atoms with Crippen LogP contribution in [-0.2, 0) is 14.8 Å². The van der Waals surface area contributed by atoms with E-state index < -0.39 is 10.0 Å². The molecule has 0 radical (unpaired) electrons. The highest BCUT2D eigenvalue weighted by Gasteiger charge is 2.19. The van der Waals surface area contributed by atoms with E-state index in [1.54, 1.807) is 7.05 Å². The van der Waals surface area contributed by atoms with Gasteiger partial charge < -0.3 is 10.1 Å². The molecule has 1 atom stereocenters. The first kappa shape index (κ1) is 11.9. The zero-order valence-electron chi connectivity index (χ0n) is 8.45. The van der Waals surface area contributed by atoms with E-state index in [4.69, 9.17) is 4.74 Å². The standard InChI is InChI=1S/C8H18N2O3S/c1-9-4-6-14(11,12)10-8-3-2-5-13-7-8/h8-10H,2-7H2,1H3. The van der Waals surface area contributed by atoms with E-state index in [0.717, 1.165) is 19.4 Å². The van der Waals surface area contributed by atoms with E-state index >= 15 is 0 Å². The number of hydrogen-bond acceptors (Lipinski definition) is 4. The minimum atomic E-state index is -3.14. The molecule has 14 heavy (non-hydrogen) atoms. The molecular weight excluding hydrogens is 204 g/mol. The Balaban J connectivity index is 2.33. The quantitative estimate of drug-likeness (QED) is 0.646. The molecule has 1 aliphatic heterocycles. The number of hydrogen-bond donors (Lipinski definition) is 2. The van der Waals surface area contributed by atoms with Gasteiger partial charge in [-0.3, -0.25) is 0 Å². The number of nitrogens with one attached hydrogen (secondary N) is 2. The van der Waals surface area contributed by atoms with Crippen LogP contribution in [0.15, 0.2) is 0 Å². The lowest BCUT2D eigenvalue weighted by Gasteiger charge is -2.22. The van der Waals surface area contributed by atoms with Gasteiger partial charge in [0.15, 0.2) is 0 Å². The summed E-state index contributed by atoms with van der Waals surface area (Å²) in [6, 6.07) is -0.0365. The monoisotopic (exact) mass is 222 g/mol. The van der Waals surface area contributed by atoms with Gasteiger partial charge in [-0.2, -0.15) is 0 Å². The molecule has 0 bridgehead atoms. The molecule has 84 valence electrons. The fourth-order valence-corrected chi connectivity index (χ4v) is 2.67. The summed E-state index contributed by atoms with van der Waals surface area (Å²) in [4.78, 5) is 0. The zero-order valence-corrected chi connectivity index (χ0v) is 9.27. The minimum absolute atomic E-state index is 0.0365. The Kier molecular flexibility index (Phi) is 4.80. The van der Waals surface area contributed by atoms with Crippen LogP contribution in [0.3, 0.4) is 0 Å². The smallest absolute Gasteiger partial charge is 0.213 e. The SMILES string of the molecule is CNCCS(=O)(=O)NC1CCCOC1. The van der Waals surface area contributed by atoms with Crippen molar-refractivity contribution in [2.75, 3.05) is 32.6 Å². The van der Waals surface area contributed by atoms with Crippen molar-refractivity contribution in [1.29, 1.82) is 0 Å². The lowest BCUT2D eigenvalue weighted by molar-refractivity contribution is 0.0774. The van der Waals surface area contributed by atoms with Crippen molar-refractivity contribution in [3.63, 3.8) is 0 Å². The Morgan fingerprint density at radius 1 is 1.50 bits per heavy atom. The van der Waals surface area contributed by atoms with Crippen molar-refractivity contribution < 1.29 is 13.2 Å². The summed E-state index contributed by atoms with van der Waals surface area (Å²) in [6.45, 7) is 1.72. The van der Waals surface area contributed by atoms with Gasteiger partial charge in [0.2, 0.25) is 10.0 Å². The summed E-state index contributed by atoms with van der Waals surface area (Å²) in [6.07, 6.45) is 1.80. The maximum Gasteiger partial charge on any atom is 0.213 e. The summed E-state index contributed by atoms with van der Waals surface area (Å²) in [7, 11) is -1.40. The van der Waals surface area contributed by atoms with Crippen LogP contribution < -0.4 is 10.0 Å². The van der Waals surface area contributed by atoms with E-state index in [9.17, 15) is 8.42 Å². The van der Waals surface area contributed by atoms with Crippen molar-refractivity contribution >= 4 is 10.0 Å². The molecule has 6 heteroatoms. The molecule has 1 unspecified atom stereocenters. The molecule has 0 spiro atoms. The van der Waals surface area contributed by atoms with Crippen LogP contribution in [0.5, 0.6) is 0 Å². The fraction of sp³-hybridized carbons (Fsp3) is 1.00. The van der Waals surface area contributed by atoms with E-state index in [-0.39, 0.29) is 11.8 Å². The van der Waals surface area contributed by atoms with E-state index in [2.05, 4.69) is 10.0 Å². The second kappa shape index (κ2) is 5.65. The van der Waals surface area contributed by atoms with Crippen LogP contribution in [0.1, 0.15) is 12.8 Å². The van der Waals surface area contributed by atoms with Crippen molar-refractivity contribution in [2.45, 2.75) is 18.9 Å². The largest absolute Gasteiger partial charge is 0.380 e. The first-order valence-electron chi connectivity index (χ1n) is 4.86. The van der Waals surface area contributed by atoms with Crippen LogP contribution in [-0.4, -0.2) is 47.0 Å². The third-order valence-electron chi connectivity index (χ3n) is 2.13. The average molecular weight is 222 g/mol. The molecule has 0 aliphatic carbocycles. The van der Waals surface area contributed by atoms with Crippen LogP contribution in [0.2, 0.25) is 0 Å². The summed E-state index contributed by atoms with van der Waals surface area (Å²) >= 11 is 0. The molecule has 0 amide bonds. The molecule has 0 aromatic heterocycles.